The van der Waals surface area contributed by atoms with Crippen LogP contribution in [0.3, 0.4) is 0 Å². The number of alkyl carbamates (subject to hydrolysis) is 1. The molecule has 2 N–H and O–H groups in total. The molecular formula is C22H23NO5. The van der Waals surface area contributed by atoms with Crippen LogP contribution in [0.4, 0.5) is 4.79 Å². The van der Waals surface area contributed by atoms with Crippen molar-refractivity contribution in [1.82, 2.24) is 5.32 Å². The number of benzene rings is 2. The monoisotopic (exact) mass is 381 g/mol. The highest BCUT2D eigenvalue weighted by Crippen LogP contribution is 2.44. The molecular weight excluding hydrogens is 358 g/mol. The number of hydrogen-bond acceptors (Lipinski definition) is 4. The number of ether oxygens (including phenoxy) is 2. The molecule has 0 aromatic heterocycles. The van der Waals surface area contributed by atoms with Gasteiger partial charge in [0.05, 0.1) is 6.10 Å². The lowest BCUT2D eigenvalue weighted by Gasteiger charge is -2.19. The molecule has 28 heavy (non-hydrogen) atoms. The number of carbonyl (C=O) groups is 2. The van der Waals surface area contributed by atoms with Crippen LogP contribution in [-0.2, 0) is 14.3 Å². The van der Waals surface area contributed by atoms with Gasteiger partial charge in [-0.05, 0) is 35.1 Å². The number of fused-ring (bicyclic) bond motifs is 3. The van der Waals surface area contributed by atoms with Crippen molar-refractivity contribution in [1.29, 1.82) is 0 Å². The highest BCUT2D eigenvalue weighted by molar-refractivity contribution is 5.81. The Bertz CT molecular complexity index is 829. The first-order valence-corrected chi connectivity index (χ1v) is 9.59. The van der Waals surface area contributed by atoms with Gasteiger partial charge in [0.1, 0.15) is 12.6 Å². The molecule has 2 aromatic carbocycles. The van der Waals surface area contributed by atoms with E-state index in [0.29, 0.717) is 6.61 Å². The number of carboxylic acid groups (broad SMARTS) is 1. The number of aliphatic carboxylic acids is 1. The van der Waals surface area contributed by atoms with E-state index >= 15 is 0 Å². The molecule has 2 atom stereocenters. The van der Waals surface area contributed by atoms with Crippen LogP contribution >= 0.6 is 0 Å². The first-order chi connectivity index (χ1) is 13.6. The normalized spacial score (nSPS) is 18.9. The van der Waals surface area contributed by atoms with E-state index in [1.54, 1.807) is 0 Å². The number of carbonyl (C=O) groups excluding carboxylic acids is 1. The third-order valence-corrected chi connectivity index (χ3v) is 5.46. The van der Waals surface area contributed by atoms with Crippen molar-refractivity contribution in [2.75, 3.05) is 13.2 Å². The van der Waals surface area contributed by atoms with Gasteiger partial charge in [-0.15, -0.1) is 0 Å². The molecule has 6 nitrogen and oxygen atoms in total. The van der Waals surface area contributed by atoms with Crippen molar-refractivity contribution < 1.29 is 24.2 Å². The van der Waals surface area contributed by atoms with Crippen molar-refractivity contribution in [3.63, 3.8) is 0 Å². The van der Waals surface area contributed by atoms with Crippen LogP contribution in [0, 0.1) is 0 Å². The highest BCUT2D eigenvalue weighted by Gasteiger charge is 2.30. The van der Waals surface area contributed by atoms with Gasteiger partial charge in [0.2, 0.25) is 0 Å². The summed E-state index contributed by atoms with van der Waals surface area (Å²) < 4.78 is 10.9. The maximum atomic E-state index is 12.3. The van der Waals surface area contributed by atoms with E-state index in [0.717, 1.165) is 35.1 Å². The SMILES string of the molecule is O=C(NC(C[C@H]1CCCO1)C(=O)O)OCC1c2ccccc2-c2ccccc21. The topological polar surface area (TPSA) is 84.9 Å². The van der Waals surface area contributed by atoms with Gasteiger partial charge < -0.3 is 19.9 Å². The Morgan fingerprint density at radius 2 is 1.75 bits per heavy atom. The Labute approximate surface area is 163 Å². The number of rotatable bonds is 6. The molecule has 6 heteroatoms. The highest BCUT2D eigenvalue weighted by atomic mass is 16.5. The lowest BCUT2D eigenvalue weighted by Crippen LogP contribution is -2.43. The third-order valence-electron chi connectivity index (χ3n) is 5.46. The zero-order valence-electron chi connectivity index (χ0n) is 15.5. The Balaban J connectivity index is 1.41. The summed E-state index contributed by atoms with van der Waals surface area (Å²) in [6.07, 6.45) is 1.14. The van der Waals surface area contributed by atoms with Crippen LogP contribution in [-0.4, -0.2) is 42.5 Å². The van der Waals surface area contributed by atoms with Gasteiger partial charge in [0.15, 0.2) is 0 Å². The summed E-state index contributed by atoms with van der Waals surface area (Å²) in [5.41, 5.74) is 4.53. The summed E-state index contributed by atoms with van der Waals surface area (Å²) in [4.78, 5) is 23.8. The standard InChI is InChI=1S/C22H23NO5/c24-21(25)20(12-14-6-5-11-27-14)23-22(26)28-13-19-17-9-3-1-7-15(17)16-8-2-4-10-18(16)19/h1-4,7-10,14,19-20H,5-6,11-13H2,(H,23,26)(H,24,25)/t14-,20?/m1/s1. The Morgan fingerprint density at radius 1 is 1.11 bits per heavy atom. The predicted octanol–water partition coefficient (Wildman–Crippen LogP) is 3.55. The summed E-state index contributed by atoms with van der Waals surface area (Å²) in [6.45, 7) is 0.800. The molecule has 1 saturated heterocycles. The summed E-state index contributed by atoms with van der Waals surface area (Å²) in [5, 5.41) is 11.9. The molecule has 4 rings (SSSR count). The molecule has 2 aliphatic rings. The van der Waals surface area contributed by atoms with Gasteiger partial charge in [0.25, 0.3) is 0 Å². The van der Waals surface area contributed by atoms with E-state index in [2.05, 4.69) is 17.4 Å². The van der Waals surface area contributed by atoms with Gasteiger partial charge in [0, 0.05) is 18.9 Å². The molecule has 0 radical (unpaired) electrons. The maximum Gasteiger partial charge on any atom is 0.407 e. The Hall–Kier alpha value is -2.86. The van der Waals surface area contributed by atoms with E-state index in [9.17, 15) is 14.7 Å². The smallest absolute Gasteiger partial charge is 0.407 e. The molecule has 2 aromatic rings. The largest absolute Gasteiger partial charge is 0.480 e. The molecule has 1 aliphatic heterocycles. The van der Waals surface area contributed by atoms with Crippen molar-refractivity contribution in [2.24, 2.45) is 0 Å². The molecule has 0 bridgehead atoms. The van der Waals surface area contributed by atoms with Crippen LogP contribution in [0.2, 0.25) is 0 Å². The van der Waals surface area contributed by atoms with Crippen LogP contribution in [0.25, 0.3) is 11.1 Å². The number of hydrogen-bond donors (Lipinski definition) is 2. The Kier molecular flexibility index (Phi) is 5.30. The van der Waals surface area contributed by atoms with E-state index in [1.165, 1.54) is 0 Å². The summed E-state index contributed by atoms with van der Waals surface area (Å²) in [6, 6.07) is 15.1. The average Bonchev–Trinajstić information content (AvgIpc) is 3.32. The first-order valence-electron chi connectivity index (χ1n) is 9.59. The third kappa shape index (κ3) is 3.73. The van der Waals surface area contributed by atoms with E-state index in [1.807, 2.05) is 36.4 Å². The second kappa shape index (κ2) is 8.02. The fourth-order valence-corrected chi connectivity index (χ4v) is 4.10. The fraction of sp³-hybridized carbons (Fsp3) is 0.364. The van der Waals surface area contributed by atoms with E-state index in [-0.39, 0.29) is 25.0 Å². The van der Waals surface area contributed by atoms with Gasteiger partial charge in [-0.3, -0.25) is 0 Å². The summed E-state index contributed by atoms with van der Waals surface area (Å²) >= 11 is 0. The molecule has 1 heterocycles. The second-order valence-electron chi connectivity index (χ2n) is 7.23. The van der Waals surface area contributed by atoms with E-state index in [4.69, 9.17) is 9.47 Å². The minimum absolute atomic E-state index is 0.0559. The zero-order chi connectivity index (χ0) is 19.5. The van der Waals surface area contributed by atoms with Gasteiger partial charge in [-0.2, -0.15) is 0 Å². The molecule has 1 fully saturated rings. The lowest BCUT2D eigenvalue weighted by molar-refractivity contribution is -0.140. The summed E-state index contributed by atoms with van der Waals surface area (Å²) in [5.74, 6) is -1.14. The maximum absolute atomic E-state index is 12.3. The summed E-state index contributed by atoms with van der Waals surface area (Å²) in [7, 11) is 0. The quantitative estimate of drug-likeness (QED) is 0.799. The van der Waals surface area contributed by atoms with Gasteiger partial charge >= 0.3 is 12.1 Å². The first kappa shape index (κ1) is 18.5. The predicted molar refractivity (Wildman–Crippen MR) is 103 cm³/mol. The lowest BCUT2D eigenvalue weighted by atomic mass is 9.98. The van der Waals surface area contributed by atoms with Crippen LogP contribution in [0.1, 0.15) is 36.3 Å². The zero-order valence-corrected chi connectivity index (χ0v) is 15.5. The minimum atomic E-state index is -1.08. The molecule has 1 unspecified atom stereocenters. The van der Waals surface area contributed by atoms with Crippen LogP contribution in [0.15, 0.2) is 48.5 Å². The average molecular weight is 381 g/mol. The van der Waals surface area contributed by atoms with Crippen molar-refractivity contribution >= 4 is 12.1 Å². The molecule has 0 saturated carbocycles. The van der Waals surface area contributed by atoms with Crippen LogP contribution < -0.4 is 5.32 Å². The van der Waals surface area contributed by atoms with Gasteiger partial charge in [-0.25, -0.2) is 9.59 Å². The number of amides is 1. The molecule has 0 spiro atoms. The minimum Gasteiger partial charge on any atom is -0.480 e. The number of carboxylic acids is 1. The molecule has 1 aliphatic carbocycles. The molecule has 1 amide bonds. The second-order valence-corrected chi connectivity index (χ2v) is 7.23. The van der Waals surface area contributed by atoms with Crippen molar-refractivity contribution in [3.05, 3.63) is 59.7 Å². The van der Waals surface area contributed by atoms with Crippen molar-refractivity contribution in [2.45, 2.75) is 37.3 Å². The molecule has 146 valence electrons. The Morgan fingerprint density at radius 3 is 2.32 bits per heavy atom. The van der Waals surface area contributed by atoms with E-state index < -0.39 is 18.1 Å². The van der Waals surface area contributed by atoms with Crippen LogP contribution in [0.5, 0.6) is 0 Å². The van der Waals surface area contributed by atoms with Gasteiger partial charge in [-0.1, -0.05) is 48.5 Å². The fourth-order valence-electron chi connectivity index (χ4n) is 4.10. The number of nitrogens with one attached hydrogen (secondary N) is 1. The van der Waals surface area contributed by atoms with Crippen molar-refractivity contribution in [3.8, 4) is 11.1 Å².